The SMILES string of the molecule is c1ccc(N(c2ccc(-c3cc4ccccc4c4ccccc34)cc2)c2c3ccccc3cc3oc4ccccc4c23)cc1. The predicted octanol–water partition coefficient (Wildman–Crippen LogP) is 12.2. The summed E-state index contributed by atoms with van der Waals surface area (Å²) in [6.07, 6.45) is 0. The average Bonchev–Trinajstić information content (AvgIpc) is 3.47. The van der Waals surface area contributed by atoms with Crippen LogP contribution in [-0.2, 0) is 0 Å². The Bertz CT molecular complexity index is 2490. The van der Waals surface area contributed by atoms with E-state index in [0.29, 0.717) is 0 Å². The molecule has 0 spiro atoms. The largest absolute Gasteiger partial charge is 0.456 e. The van der Waals surface area contributed by atoms with Gasteiger partial charge >= 0.3 is 0 Å². The van der Waals surface area contributed by atoms with Crippen LogP contribution in [0.5, 0.6) is 0 Å². The average molecular weight is 562 g/mol. The van der Waals surface area contributed by atoms with Crippen molar-refractivity contribution in [3.63, 3.8) is 0 Å². The van der Waals surface area contributed by atoms with E-state index >= 15 is 0 Å². The minimum absolute atomic E-state index is 0.889. The van der Waals surface area contributed by atoms with Crippen molar-refractivity contribution in [3.05, 3.63) is 164 Å². The van der Waals surface area contributed by atoms with Gasteiger partial charge in [-0.15, -0.1) is 0 Å². The van der Waals surface area contributed by atoms with Crippen LogP contribution < -0.4 is 4.90 Å². The number of fused-ring (bicyclic) bond motifs is 7. The zero-order valence-electron chi connectivity index (χ0n) is 23.9. The van der Waals surface area contributed by atoms with E-state index in [2.05, 4.69) is 163 Å². The molecule has 0 aliphatic heterocycles. The van der Waals surface area contributed by atoms with E-state index in [4.69, 9.17) is 4.42 Å². The summed E-state index contributed by atoms with van der Waals surface area (Å²) in [5.41, 5.74) is 7.53. The first kappa shape index (κ1) is 24.7. The van der Waals surface area contributed by atoms with Crippen LogP contribution in [0, 0.1) is 0 Å². The molecule has 0 fully saturated rings. The van der Waals surface area contributed by atoms with Gasteiger partial charge < -0.3 is 9.32 Å². The third-order valence-corrected chi connectivity index (χ3v) is 8.80. The Labute approximate surface area is 255 Å². The second kappa shape index (κ2) is 9.86. The zero-order valence-corrected chi connectivity index (χ0v) is 23.9. The molecule has 2 nitrogen and oxygen atoms in total. The first-order valence-electron chi connectivity index (χ1n) is 15.0. The number of nitrogens with zero attached hydrogens (tertiary/aromatic N) is 1. The number of para-hydroxylation sites is 2. The highest BCUT2D eigenvalue weighted by molar-refractivity contribution is 6.22. The normalized spacial score (nSPS) is 11.6. The Morgan fingerprint density at radius 3 is 1.73 bits per heavy atom. The van der Waals surface area contributed by atoms with Crippen LogP contribution >= 0.6 is 0 Å². The standard InChI is InChI=1S/C42H27NO/c1-2-14-31(15-3-1)43(42-34-17-7-5-13-30(34)27-40-41(42)37-20-10-11-21-39(37)44-40)32-24-22-28(23-25-32)38-26-29-12-4-6-16-33(29)35-18-8-9-19-36(35)38/h1-27H. The molecule has 8 aromatic carbocycles. The Morgan fingerprint density at radius 2 is 0.955 bits per heavy atom. The molecule has 0 unspecified atom stereocenters. The lowest BCUT2D eigenvalue weighted by atomic mass is 9.93. The summed E-state index contributed by atoms with van der Waals surface area (Å²) in [5, 5.41) is 9.64. The molecule has 0 bridgehead atoms. The number of rotatable bonds is 4. The molecule has 0 aliphatic carbocycles. The number of anilines is 3. The summed E-state index contributed by atoms with van der Waals surface area (Å²) in [4.78, 5) is 2.38. The highest BCUT2D eigenvalue weighted by atomic mass is 16.3. The van der Waals surface area contributed by atoms with Gasteiger partial charge in [0.15, 0.2) is 0 Å². The smallest absolute Gasteiger partial charge is 0.138 e. The zero-order chi connectivity index (χ0) is 29.0. The van der Waals surface area contributed by atoms with Crippen molar-refractivity contribution in [3.8, 4) is 11.1 Å². The monoisotopic (exact) mass is 561 g/mol. The van der Waals surface area contributed by atoms with Gasteiger partial charge in [0.25, 0.3) is 0 Å². The lowest BCUT2D eigenvalue weighted by Gasteiger charge is -2.28. The molecule has 0 amide bonds. The van der Waals surface area contributed by atoms with Gasteiger partial charge in [0.2, 0.25) is 0 Å². The highest BCUT2D eigenvalue weighted by Crippen LogP contribution is 2.47. The summed E-state index contributed by atoms with van der Waals surface area (Å²) >= 11 is 0. The van der Waals surface area contributed by atoms with Gasteiger partial charge in [-0.25, -0.2) is 0 Å². The van der Waals surface area contributed by atoms with Gasteiger partial charge in [0, 0.05) is 22.1 Å². The molecule has 0 saturated heterocycles. The summed E-state index contributed by atoms with van der Waals surface area (Å²) in [5.74, 6) is 0. The van der Waals surface area contributed by atoms with E-state index in [1.165, 1.54) is 38.1 Å². The van der Waals surface area contributed by atoms with E-state index in [-0.39, 0.29) is 0 Å². The maximum atomic E-state index is 6.45. The van der Waals surface area contributed by atoms with Crippen molar-refractivity contribution in [2.75, 3.05) is 4.90 Å². The predicted molar refractivity (Wildman–Crippen MR) is 186 cm³/mol. The van der Waals surface area contributed by atoms with Crippen LogP contribution in [0.4, 0.5) is 17.1 Å². The van der Waals surface area contributed by atoms with E-state index < -0.39 is 0 Å². The fourth-order valence-corrected chi connectivity index (χ4v) is 6.82. The minimum Gasteiger partial charge on any atom is -0.456 e. The first-order chi connectivity index (χ1) is 21.8. The molecule has 2 heteroatoms. The molecule has 9 rings (SSSR count). The number of hydrogen-bond donors (Lipinski definition) is 0. The quantitative estimate of drug-likeness (QED) is 0.199. The van der Waals surface area contributed by atoms with Gasteiger partial charge in [-0.2, -0.15) is 0 Å². The van der Waals surface area contributed by atoms with Crippen molar-refractivity contribution >= 4 is 71.3 Å². The third-order valence-electron chi connectivity index (χ3n) is 8.80. The number of furan rings is 1. The molecule has 0 atom stereocenters. The number of hydrogen-bond acceptors (Lipinski definition) is 2. The van der Waals surface area contributed by atoms with Gasteiger partial charge in [0.05, 0.1) is 11.1 Å². The van der Waals surface area contributed by atoms with E-state index in [1.54, 1.807) is 0 Å². The van der Waals surface area contributed by atoms with Gasteiger partial charge in [-0.05, 0) is 80.5 Å². The van der Waals surface area contributed by atoms with Crippen LogP contribution in [0.3, 0.4) is 0 Å². The third kappa shape index (κ3) is 3.82. The molecular formula is C42H27NO. The molecule has 206 valence electrons. The van der Waals surface area contributed by atoms with Crippen LogP contribution in [-0.4, -0.2) is 0 Å². The first-order valence-corrected chi connectivity index (χ1v) is 15.0. The summed E-state index contributed by atoms with van der Waals surface area (Å²) < 4.78 is 6.45. The Balaban J connectivity index is 1.30. The Hall–Kier alpha value is -5.86. The van der Waals surface area contributed by atoms with E-state index in [0.717, 1.165) is 44.4 Å². The summed E-state index contributed by atoms with van der Waals surface area (Å²) in [6, 6.07) is 58.5. The van der Waals surface area contributed by atoms with Gasteiger partial charge in [0.1, 0.15) is 11.2 Å². The Morgan fingerprint density at radius 1 is 0.386 bits per heavy atom. The molecule has 0 radical (unpaired) electrons. The van der Waals surface area contributed by atoms with Crippen LogP contribution in [0.15, 0.2) is 168 Å². The van der Waals surface area contributed by atoms with E-state index in [9.17, 15) is 0 Å². The summed E-state index contributed by atoms with van der Waals surface area (Å²) in [7, 11) is 0. The maximum Gasteiger partial charge on any atom is 0.138 e. The molecule has 0 aliphatic rings. The highest BCUT2D eigenvalue weighted by Gasteiger charge is 2.22. The maximum absolute atomic E-state index is 6.45. The second-order valence-corrected chi connectivity index (χ2v) is 11.3. The van der Waals surface area contributed by atoms with E-state index in [1.807, 2.05) is 6.07 Å². The van der Waals surface area contributed by atoms with Crippen molar-refractivity contribution in [1.29, 1.82) is 0 Å². The van der Waals surface area contributed by atoms with Gasteiger partial charge in [-0.3, -0.25) is 0 Å². The Kier molecular flexibility index (Phi) is 5.54. The van der Waals surface area contributed by atoms with Crippen molar-refractivity contribution < 1.29 is 4.42 Å². The van der Waals surface area contributed by atoms with Crippen LogP contribution in [0.25, 0.3) is 65.4 Å². The van der Waals surface area contributed by atoms with Crippen molar-refractivity contribution in [2.45, 2.75) is 0 Å². The molecule has 0 N–H and O–H groups in total. The fraction of sp³-hybridized carbons (Fsp3) is 0. The van der Waals surface area contributed by atoms with Gasteiger partial charge in [-0.1, -0.05) is 121 Å². The van der Waals surface area contributed by atoms with Crippen molar-refractivity contribution in [2.24, 2.45) is 0 Å². The minimum atomic E-state index is 0.889. The molecule has 9 aromatic rings. The molecule has 44 heavy (non-hydrogen) atoms. The number of benzene rings is 8. The molecule has 0 saturated carbocycles. The van der Waals surface area contributed by atoms with Crippen molar-refractivity contribution in [1.82, 2.24) is 0 Å². The fourth-order valence-electron chi connectivity index (χ4n) is 6.82. The molecule has 1 aromatic heterocycles. The summed E-state index contributed by atoms with van der Waals surface area (Å²) in [6.45, 7) is 0. The lowest BCUT2D eigenvalue weighted by molar-refractivity contribution is 0.669. The van der Waals surface area contributed by atoms with Crippen LogP contribution in [0.1, 0.15) is 0 Å². The second-order valence-electron chi connectivity index (χ2n) is 11.3. The lowest BCUT2D eigenvalue weighted by Crippen LogP contribution is -2.11. The molecule has 1 heterocycles. The molecular weight excluding hydrogens is 534 g/mol. The van der Waals surface area contributed by atoms with Crippen LogP contribution in [0.2, 0.25) is 0 Å². The topological polar surface area (TPSA) is 16.4 Å².